The molecule has 2 aromatic heterocycles. The van der Waals surface area contributed by atoms with E-state index < -0.39 is 5.54 Å². The van der Waals surface area contributed by atoms with Gasteiger partial charge in [0.2, 0.25) is 0 Å². The average Bonchev–Trinajstić information content (AvgIpc) is 3.48. The van der Waals surface area contributed by atoms with Crippen LogP contribution >= 0.6 is 11.6 Å². The molecule has 0 unspecified atom stereocenters. The maximum atomic E-state index is 9.69. The second kappa shape index (κ2) is 12.7. The van der Waals surface area contributed by atoms with Crippen LogP contribution in [-0.2, 0) is 19.8 Å². The van der Waals surface area contributed by atoms with Crippen LogP contribution in [0.3, 0.4) is 0 Å². The molecule has 2 heterocycles. The summed E-state index contributed by atoms with van der Waals surface area (Å²) in [5.74, 6) is 1.07. The number of rotatable bonds is 11. The molecular formula is C34H32ClN3O4. The number of furan rings is 1. The molecule has 3 aromatic carbocycles. The van der Waals surface area contributed by atoms with E-state index in [1.54, 1.807) is 24.6 Å². The SMILES string of the molecule is Cc1c(COc2cc(OCc3cncc(C#N)c3)c(CNC(C)(C)CO)cc2Cl)cccc1-c1ccc2occc2c1. The number of hydrogen-bond donors (Lipinski definition) is 2. The lowest BCUT2D eigenvalue weighted by atomic mass is 9.96. The van der Waals surface area contributed by atoms with Crippen LogP contribution in [0.2, 0.25) is 5.02 Å². The quantitative estimate of drug-likeness (QED) is 0.168. The maximum absolute atomic E-state index is 9.69. The fourth-order valence-electron chi connectivity index (χ4n) is 4.58. The number of fused-ring (bicyclic) bond motifs is 1. The van der Waals surface area contributed by atoms with Crippen molar-refractivity contribution < 1.29 is 19.0 Å². The minimum absolute atomic E-state index is 0.0287. The van der Waals surface area contributed by atoms with Crippen molar-refractivity contribution in [2.45, 2.75) is 46.1 Å². The molecule has 5 rings (SSSR count). The highest BCUT2D eigenvalue weighted by atomic mass is 35.5. The molecule has 0 aliphatic carbocycles. The summed E-state index contributed by atoms with van der Waals surface area (Å²) in [5.41, 5.74) is 6.78. The number of ether oxygens (including phenoxy) is 2. The molecule has 42 heavy (non-hydrogen) atoms. The van der Waals surface area contributed by atoms with Crippen molar-refractivity contribution in [3.8, 4) is 28.7 Å². The Morgan fingerprint density at radius 3 is 2.64 bits per heavy atom. The van der Waals surface area contributed by atoms with Gasteiger partial charge in [0.05, 0.1) is 23.5 Å². The number of aliphatic hydroxyl groups excluding tert-OH is 1. The number of aliphatic hydroxyl groups is 1. The number of nitrogens with one attached hydrogen (secondary N) is 1. The summed E-state index contributed by atoms with van der Waals surface area (Å²) in [6.45, 7) is 6.83. The van der Waals surface area contributed by atoms with Gasteiger partial charge in [0.1, 0.15) is 36.4 Å². The fraction of sp³-hybridized carbons (Fsp3) is 0.235. The van der Waals surface area contributed by atoms with E-state index in [4.69, 9.17) is 25.5 Å². The molecule has 214 valence electrons. The van der Waals surface area contributed by atoms with Crippen molar-refractivity contribution in [2.24, 2.45) is 0 Å². The minimum atomic E-state index is -0.491. The number of nitrogens with zero attached hydrogens (tertiary/aromatic N) is 2. The van der Waals surface area contributed by atoms with E-state index in [0.717, 1.165) is 44.3 Å². The van der Waals surface area contributed by atoms with Gasteiger partial charge in [-0.1, -0.05) is 35.9 Å². The van der Waals surface area contributed by atoms with Gasteiger partial charge >= 0.3 is 0 Å². The summed E-state index contributed by atoms with van der Waals surface area (Å²) >= 11 is 6.71. The first-order valence-electron chi connectivity index (χ1n) is 13.6. The Hall–Kier alpha value is -4.35. The van der Waals surface area contributed by atoms with Gasteiger partial charge in [-0.3, -0.25) is 4.98 Å². The van der Waals surface area contributed by atoms with Gasteiger partial charge in [-0.2, -0.15) is 5.26 Å². The Morgan fingerprint density at radius 1 is 1.00 bits per heavy atom. The molecule has 0 amide bonds. The third kappa shape index (κ3) is 6.75. The monoisotopic (exact) mass is 581 g/mol. The molecule has 8 heteroatoms. The Balaban J connectivity index is 1.39. The number of pyridine rings is 1. The van der Waals surface area contributed by atoms with Crippen LogP contribution in [0.5, 0.6) is 11.5 Å². The minimum Gasteiger partial charge on any atom is -0.488 e. The highest BCUT2D eigenvalue weighted by Crippen LogP contribution is 2.35. The van der Waals surface area contributed by atoms with E-state index in [9.17, 15) is 10.4 Å². The van der Waals surface area contributed by atoms with Gasteiger partial charge in [0, 0.05) is 47.1 Å². The zero-order chi connectivity index (χ0) is 29.7. The largest absolute Gasteiger partial charge is 0.488 e. The summed E-state index contributed by atoms with van der Waals surface area (Å²) in [6, 6.07) is 21.8. The van der Waals surface area contributed by atoms with Crippen LogP contribution in [0.25, 0.3) is 22.1 Å². The first-order chi connectivity index (χ1) is 20.3. The van der Waals surface area contributed by atoms with E-state index in [1.807, 2.05) is 44.2 Å². The molecule has 2 N–H and O–H groups in total. The van der Waals surface area contributed by atoms with Crippen LogP contribution < -0.4 is 14.8 Å². The molecule has 0 saturated heterocycles. The van der Waals surface area contributed by atoms with Crippen molar-refractivity contribution in [3.05, 3.63) is 112 Å². The van der Waals surface area contributed by atoms with Crippen LogP contribution in [0.15, 0.2) is 83.7 Å². The van der Waals surface area contributed by atoms with Crippen molar-refractivity contribution in [1.29, 1.82) is 5.26 Å². The van der Waals surface area contributed by atoms with E-state index >= 15 is 0 Å². The molecule has 0 saturated carbocycles. The molecule has 0 atom stereocenters. The average molecular weight is 582 g/mol. The molecule has 5 aromatic rings. The van der Waals surface area contributed by atoms with Crippen LogP contribution in [-0.4, -0.2) is 22.2 Å². The highest BCUT2D eigenvalue weighted by molar-refractivity contribution is 6.32. The predicted molar refractivity (Wildman–Crippen MR) is 163 cm³/mol. The predicted octanol–water partition coefficient (Wildman–Crippen LogP) is 7.35. The van der Waals surface area contributed by atoms with Crippen LogP contribution in [0, 0.1) is 18.3 Å². The molecule has 0 radical (unpaired) electrons. The molecule has 0 aliphatic rings. The van der Waals surface area contributed by atoms with Crippen molar-refractivity contribution in [2.75, 3.05) is 6.61 Å². The van der Waals surface area contributed by atoms with E-state index in [2.05, 4.69) is 41.5 Å². The van der Waals surface area contributed by atoms with Crippen molar-refractivity contribution >= 4 is 22.6 Å². The smallest absolute Gasteiger partial charge is 0.142 e. The number of benzene rings is 3. The van der Waals surface area contributed by atoms with Gasteiger partial charge in [-0.05, 0) is 73.4 Å². The summed E-state index contributed by atoms with van der Waals surface area (Å²) in [6.07, 6.45) is 4.88. The summed E-state index contributed by atoms with van der Waals surface area (Å²) in [4.78, 5) is 4.12. The van der Waals surface area contributed by atoms with Crippen LogP contribution in [0.4, 0.5) is 0 Å². The topological polar surface area (TPSA) is 101 Å². The second-order valence-corrected chi connectivity index (χ2v) is 11.2. The fourth-order valence-corrected chi connectivity index (χ4v) is 4.82. The van der Waals surface area contributed by atoms with Gasteiger partial charge in [0.25, 0.3) is 0 Å². The van der Waals surface area contributed by atoms with E-state index in [1.165, 1.54) is 6.20 Å². The Labute approximate surface area is 250 Å². The molecular weight excluding hydrogens is 550 g/mol. The zero-order valence-electron chi connectivity index (χ0n) is 23.8. The molecule has 0 bridgehead atoms. The lowest BCUT2D eigenvalue weighted by Crippen LogP contribution is -2.42. The number of halogens is 1. The number of aromatic nitrogens is 1. The Kier molecular flexibility index (Phi) is 8.79. The molecule has 0 aliphatic heterocycles. The Morgan fingerprint density at radius 2 is 1.83 bits per heavy atom. The number of hydrogen-bond acceptors (Lipinski definition) is 7. The second-order valence-electron chi connectivity index (χ2n) is 10.8. The Bertz CT molecular complexity index is 1760. The third-order valence-electron chi connectivity index (χ3n) is 7.18. The molecule has 0 spiro atoms. The normalized spacial score (nSPS) is 11.4. The summed E-state index contributed by atoms with van der Waals surface area (Å²) in [7, 11) is 0. The highest BCUT2D eigenvalue weighted by Gasteiger charge is 2.19. The zero-order valence-corrected chi connectivity index (χ0v) is 24.5. The van der Waals surface area contributed by atoms with Gasteiger partial charge in [0.15, 0.2) is 0 Å². The third-order valence-corrected chi connectivity index (χ3v) is 7.47. The summed E-state index contributed by atoms with van der Waals surface area (Å²) in [5, 5.41) is 23.8. The lowest BCUT2D eigenvalue weighted by molar-refractivity contribution is 0.186. The maximum Gasteiger partial charge on any atom is 0.142 e. The standard InChI is InChI=1S/C34H32ClN3O4/c1-22-27(5-4-6-29(22)25-7-8-31-26(12-25)9-10-40-31)20-42-33-14-32(41-19-24-11-23(15-36)16-37-17-24)28(13-30(33)35)18-38-34(2,3)21-39/h4-14,16-17,38-39H,18-21H2,1-3H3. The van der Waals surface area contributed by atoms with Gasteiger partial charge < -0.3 is 24.3 Å². The molecule has 0 fully saturated rings. The molecule has 7 nitrogen and oxygen atoms in total. The van der Waals surface area contributed by atoms with Crippen molar-refractivity contribution in [3.63, 3.8) is 0 Å². The van der Waals surface area contributed by atoms with Crippen LogP contribution in [0.1, 0.15) is 41.7 Å². The van der Waals surface area contributed by atoms with Crippen molar-refractivity contribution in [1.82, 2.24) is 10.3 Å². The van der Waals surface area contributed by atoms with Gasteiger partial charge in [-0.15, -0.1) is 0 Å². The van der Waals surface area contributed by atoms with E-state index in [-0.39, 0.29) is 13.2 Å². The van der Waals surface area contributed by atoms with Gasteiger partial charge in [-0.25, -0.2) is 0 Å². The first kappa shape index (κ1) is 29.2. The first-order valence-corrected chi connectivity index (χ1v) is 14.0. The summed E-state index contributed by atoms with van der Waals surface area (Å²) < 4.78 is 18.0. The lowest BCUT2D eigenvalue weighted by Gasteiger charge is -2.25. The number of nitriles is 1. The van der Waals surface area contributed by atoms with E-state index in [0.29, 0.717) is 35.2 Å².